The van der Waals surface area contributed by atoms with Crippen molar-refractivity contribution in [2.24, 2.45) is 7.05 Å². The highest BCUT2D eigenvalue weighted by Crippen LogP contribution is 2.07. The second-order valence-electron chi connectivity index (χ2n) is 5.12. The molecule has 0 aromatic carbocycles. The normalized spacial score (nSPS) is 10.6. The van der Waals surface area contributed by atoms with Gasteiger partial charge >= 0.3 is 0 Å². The number of hydrogen-bond donors (Lipinski definition) is 0. The molecule has 2 aromatic heterocycles. The Balaban J connectivity index is 2.14. The molecule has 112 valence electrons. The molecule has 0 unspecified atom stereocenters. The van der Waals surface area contributed by atoms with Crippen LogP contribution in [0.15, 0.2) is 35.5 Å². The van der Waals surface area contributed by atoms with Crippen molar-refractivity contribution >= 4 is 11.5 Å². The Labute approximate surface area is 123 Å². The molecule has 0 atom stereocenters. The van der Waals surface area contributed by atoms with E-state index >= 15 is 0 Å². The van der Waals surface area contributed by atoms with Crippen LogP contribution in [0.1, 0.15) is 23.7 Å². The molecule has 6 nitrogen and oxygen atoms in total. The van der Waals surface area contributed by atoms with E-state index in [1.54, 1.807) is 29.2 Å². The van der Waals surface area contributed by atoms with E-state index in [2.05, 4.69) is 12.0 Å². The molecule has 0 N–H and O–H groups in total. The first kappa shape index (κ1) is 15.0. The minimum Gasteiger partial charge on any atom is -0.373 e. The number of anilines is 1. The first-order chi connectivity index (χ1) is 10.0. The van der Waals surface area contributed by atoms with Crippen LogP contribution in [-0.4, -0.2) is 33.7 Å². The monoisotopic (exact) mass is 288 g/mol. The van der Waals surface area contributed by atoms with E-state index in [9.17, 15) is 9.59 Å². The Bertz CT molecular complexity index is 687. The van der Waals surface area contributed by atoms with Gasteiger partial charge in [0.2, 0.25) is 0 Å². The smallest absolute Gasteiger partial charge is 0.269 e. The van der Waals surface area contributed by atoms with Crippen molar-refractivity contribution < 1.29 is 4.79 Å². The van der Waals surface area contributed by atoms with Gasteiger partial charge in [-0.2, -0.15) is 5.10 Å². The van der Waals surface area contributed by atoms with Crippen LogP contribution in [0.25, 0.3) is 0 Å². The fourth-order valence-corrected chi connectivity index (χ4v) is 2.11. The number of aryl methyl sites for hydroxylation is 1. The summed E-state index contributed by atoms with van der Waals surface area (Å²) in [5.41, 5.74) is 1.09. The van der Waals surface area contributed by atoms with E-state index in [4.69, 9.17) is 0 Å². The molecule has 0 aliphatic carbocycles. The van der Waals surface area contributed by atoms with Crippen molar-refractivity contribution in [1.82, 2.24) is 14.3 Å². The third-order valence-electron chi connectivity index (χ3n) is 3.30. The first-order valence-corrected chi connectivity index (χ1v) is 6.94. The van der Waals surface area contributed by atoms with Crippen LogP contribution in [0.2, 0.25) is 0 Å². The zero-order valence-electron chi connectivity index (χ0n) is 12.6. The van der Waals surface area contributed by atoms with Crippen LogP contribution in [-0.2, 0) is 13.6 Å². The van der Waals surface area contributed by atoms with E-state index in [1.165, 1.54) is 10.7 Å². The van der Waals surface area contributed by atoms with Crippen LogP contribution in [0, 0.1) is 0 Å². The summed E-state index contributed by atoms with van der Waals surface area (Å²) in [7, 11) is 3.76. The van der Waals surface area contributed by atoms with Crippen LogP contribution in [0.5, 0.6) is 0 Å². The summed E-state index contributed by atoms with van der Waals surface area (Å²) in [6, 6.07) is 3.25. The van der Waals surface area contributed by atoms with Gasteiger partial charge < -0.3 is 9.47 Å². The maximum absolute atomic E-state index is 12.1. The number of rotatable bonds is 6. The molecule has 0 aliphatic heterocycles. The van der Waals surface area contributed by atoms with Gasteiger partial charge in [0.05, 0.1) is 11.9 Å². The highest BCUT2D eigenvalue weighted by molar-refractivity contribution is 5.95. The van der Waals surface area contributed by atoms with Gasteiger partial charge in [-0.3, -0.25) is 9.59 Å². The van der Waals surface area contributed by atoms with Crippen molar-refractivity contribution in [2.45, 2.75) is 19.9 Å². The lowest BCUT2D eigenvalue weighted by molar-refractivity contribution is 0.0965. The molecule has 6 heteroatoms. The van der Waals surface area contributed by atoms with Crippen LogP contribution in [0.3, 0.4) is 0 Å². The summed E-state index contributed by atoms with van der Waals surface area (Å²) in [6.07, 6.45) is 6.14. The van der Waals surface area contributed by atoms with Crippen LogP contribution >= 0.6 is 0 Å². The summed E-state index contributed by atoms with van der Waals surface area (Å²) in [5, 5.41) is 4.09. The van der Waals surface area contributed by atoms with E-state index in [1.807, 2.05) is 19.0 Å². The topological polar surface area (TPSA) is 60.1 Å². The van der Waals surface area contributed by atoms with Gasteiger partial charge in [-0.05, 0) is 12.5 Å². The molecular weight excluding hydrogens is 268 g/mol. The quantitative estimate of drug-likeness (QED) is 0.752. The molecule has 2 aromatic rings. The summed E-state index contributed by atoms with van der Waals surface area (Å²) in [4.78, 5) is 26.1. The molecule has 21 heavy (non-hydrogen) atoms. The van der Waals surface area contributed by atoms with Gasteiger partial charge in [0, 0.05) is 44.7 Å². The molecular formula is C15H20N4O2. The Kier molecular flexibility index (Phi) is 4.57. The standard InChI is InChI=1S/C15H20N4O2/c1-4-6-18(3)13-8-15(21)19(16-9-13)11-14(20)12-5-7-17(2)10-12/h5,7-10H,4,6,11H2,1-3H3. The number of aromatic nitrogens is 3. The van der Waals surface area contributed by atoms with Crippen LogP contribution < -0.4 is 10.5 Å². The van der Waals surface area contributed by atoms with Crippen LogP contribution in [0.4, 0.5) is 5.69 Å². The first-order valence-electron chi connectivity index (χ1n) is 6.94. The molecule has 2 heterocycles. The van der Waals surface area contributed by atoms with Gasteiger partial charge in [0.15, 0.2) is 5.78 Å². The number of carbonyl (C=O) groups is 1. The Morgan fingerprint density at radius 3 is 2.76 bits per heavy atom. The van der Waals surface area contributed by atoms with Gasteiger partial charge in [-0.1, -0.05) is 6.92 Å². The molecule has 0 amide bonds. The van der Waals surface area contributed by atoms with Crippen molar-refractivity contribution in [3.63, 3.8) is 0 Å². The minimum atomic E-state index is -0.264. The Morgan fingerprint density at radius 1 is 1.43 bits per heavy atom. The molecule has 0 saturated heterocycles. The minimum absolute atomic E-state index is 0.0411. The lowest BCUT2D eigenvalue weighted by atomic mass is 10.2. The highest BCUT2D eigenvalue weighted by Gasteiger charge is 2.11. The number of ketones is 1. The van der Waals surface area contributed by atoms with E-state index in [-0.39, 0.29) is 17.9 Å². The van der Waals surface area contributed by atoms with Crippen molar-refractivity contribution in [2.75, 3.05) is 18.5 Å². The summed E-state index contributed by atoms with van der Waals surface area (Å²) in [6.45, 7) is 2.89. The molecule has 2 rings (SSSR count). The summed E-state index contributed by atoms with van der Waals surface area (Å²) in [5.74, 6) is -0.125. The van der Waals surface area contributed by atoms with Gasteiger partial charge in [-0.25, -0.2) is 4.68 Å². The highest BCUT2D eigenvalue weighted by atomic mass is 16.1. The van der Waals surface area contributed by atoms with E-state index in [0.717, 1.165) is 18.7 Å². The number of nitrogens with zero attached hydrogens (tertiary/aromatic N) is 4. The maximum atomic E-state index is 12.1. The van der Waals surface area contributed by atoms with Crippen molar-refractivity contribution in [3.8, 4) is 0 Å². The zero-order chi connectivity index (χ0) is 15.4. The van der Waals surface area contributed by atoms with Gasteiger partial charge in [0.25, 0.3) is 5.56 Å². The van der Waals surface area contributed by atoms with Crippen molar-refractivity contribution in [3.05, 3.63) is 46.6 Å². The molecule has 0 radical (unpaired) electrons. The largest absolute Gasteiger partial charge is 0.373 e. The molecule has 0 fully saturated rings. The lowest BCUT2D eigenvalue weighted by Crippen LogP contribution is -2.28. The van der Waals surface area contributed by atoms with E-state index in [0.29, 0.717) is 5.56 Å². The average molecular weight is 288 g/mol. The molecule has 0 aliphatic rings. The average Bonchev–Trinajstić information content (AvgIpc) is 2.88. The van der Waals surface area contributed by atoms with E-state index < -0.39 is 0 Å². The Morgan fingerprint density at radius 2 is 2.19 bits per heavy atom. The predicted octanol–water partition coefficient (Wildman–Crippen LogP) is 1.31. The SMILES string of the molecule is CCCN(C)c1cnn(CC(=O)c2ccn(C)c2)c(=O)c1. The van der Waals surface area contributed by atoms with Gasteiger partial charge in [0.1, 0.15) is 6.54 Å². The number of Topliss-reactive ketones (excluding diaryl/α,β-unsaturated/α-hetero) is 1. The maximum Gasteiger partial charge on any atom is 0.269 e. The fraction of sp³-hybridized carbons (Fsp3) is 0.400. The molecule has 0 saturated carbocycles. The lowest BCUT2D eigenvalue weighted by Gasteiger charge is -2.17. The van der Waals surface area contributed by atoms with Crippen molar-refractivity contribution in [1.29, 1.82) is 0 Å². The third-order valence-corrected chi connectivity index (χ3v) is 3.30. The zero-order valence-corrected chi connectivity index (χ0v) is 12.6. The number of hydrogen-bond acceptors (Lipinski definition) is 4. The van der Waals surface area contributed by atoms with Gasteiger partial charge in [-0.15, -0.1) is 0 Å². The summed E-state index contributed by atoms with van der Waals surface area (Å²) >= 11 is 0. The summed E-state index contributed by atoms with van der Waals surface area (Å²) < 4.78 is 2.99. The Hall–Kier alpha value is -2.37. The predicted molar refractivity (Wildman–Crippen MR) is 81.8 cm³/mol. The second kappa shape index (κ2) is 6.39. The second-order valence-corrected chi connectivity index (χ2v) is 5.12. The fourth-order valence-electron chi connectivity index (χ4n) is 2.11. The number of carbonyl (C=O) groups excluding carboxylic acids is 1. The molecule has 0 spiro atoms. The molecule has 0 bridgehead atoms. The third kappa shape index (κ3) is 3.59.